The minimum Gasteiger partial charge on any atom is -0.362 e. The Bertz CT molecular complexity index is 379. The van der Waals surface area contributed by atoms with Crippen molar-refractivity contribution in [3.05, 3.63) is 35.6 Å². The average Bonchev–Trinajstić information content (AvgIpc) is 2.63. The van der Waals surface area contributed by atoms with Crippen LogP contribution in [0.1, 0.15) is 12.5 Å². The molecule has 1 N–H and O–H groups in total. The Balaban J connectivity index is 2.01. The van der Waals surface area contributed by atoms with Crippen molar-refractivity contribution < 1.29 is 4.39 Å². The van der Waals surface area contributed by atoms with Crippen LogP contribution in [0.5, 0.6) is 0 Å². The summed E-state index contributed by atoms with van der Waals surface area (Å²) in [6, 6.07) is 7.22. The standard InChI is InChI=1S/C11H13FN2S/c1-8-7-15-11(14-8)13-6-9-4-2-3-5-10(9)12/h2-5,8H,6-7H2,1H3,(H,13,14). The van der Waals surface area contributed by atoms with Gasteiger partial charge in [-0.15, -0.1) is 0 Å². The van der Waals surface area contributed by atoms with Crippen molar-refractivity contribution >= 4 is 16.9 Å². The van der Waals surface area contributed by atoms with Crippen LogP contribution in [-0.2, 0) is 6.54 Å². The highest BCUT2D eigenvalue weighted by molar-refractivity contribution is 8.14. The number of rotatable bonds is 2. The second-order valence-electron chi connectivity index (χ2n) is 3.57. The molecule has 1 saturated heterocycles. The van der Waals surface area contributed by atoms with Crippen molar-refractivity contribution in [3.63, 3.8) is 0 Å². The van der Waals surface area contributed by atoms with Crippen LogP contribution < -0.4 is 5.32 Å². The molecule has 0 amide bonds. The zero-order chi connectivity index (χ0) is 10.7. The first-order valence-electron chi connectivity index (χ1n) is 4.93. The second-order valence-corrected chi connectivity index (χ2v) is 4.58. The molecule has 15 heavy (non-hydrogen) atoms. The Morgan fingerprint density at radius 1 is 1.53 bits per heavy atom. The molecule has 1 aliphatic rings. The Kier molecular flexibility index (Phi) is 3.26. The maximum Gasteiger partial charge on any atom is 0.157 e. The van der Waals surface area contributed by atoms with E-state index >= 15 is 0 Å². The molecule has 0 saturated carbocycles. The molecule has 0 aliphatic carbocycles. The lowest BCUT2D eigenvalue weighted by Gasteiger charge is -2.02. The first kappa shape index (κ1) is 10.5. The Morgan fingerprint density at radius 3 is 3.00 bits per heavy atom. The van der Waals surface area contributed by atoms with Gasteiger partial charge < -0.3 is 5.32 Å². The summed E-state index contributed by atoms with van der Waals surface area (Å²) in [5, 5.41) is 4.16. The monoisotopic (exact) mass is 224 g/mol. The van der Waals surface area contributed by atoms with Crippen molar-refractivity contribution in [2.24, 2.45) is 4.99 Å². The SMILES string of the molecule is CC1CSC(=NCc2ccccc2F)N1. The van der Waals surface area contributed by atoms with Crippen molar-refractivity contribution in [2.75, 3.05) is 5.75 Å². The number of nitrogens with one attached hydrogen (secondary N) is 1. The van der Waals surface area contributed by atoms with E-state index < -0.39 is 0 Å². The van der Waals surface area contributed by atoms with E-state index in [9.17, 15) is 4.39 Å². The summed E-state index contributed by atoms with van der Waals surface area (Å²) >= 11 is 1.69. The molecule has 0 spiro atoms. The highest BCUT2D eigenvalue weighted by Crippen LogP contribution is 2.15. The fourth-order valence-electron chi connectivity index (χ4n) is 1.37. The van der Waals surface area contributed by atoms with E-state index in [1.54, 1.807) is 23.9 Å². The molecule has 0 radical (unpaired) electrons. The first-order valence-corrected chi connectivity index (χ1v) is 5.91. The van der Waals surface area contributed by atoms with E-state index in [1.165, 1.54) is 6.07 Å². The predicted molar refractivity (Wildman–Crippen MR) is 62.6 cm³/mol. The third-order valence-corrected chi connectivity index (χ3v) is 3.38. The maximum atomic E-state index is 13.2. The molecule has 1 heterocycles. The smallest absolute Gasteiger partial charge is 0.157 e. The van der Waals surface area contributed by atoms with Gasteiger partial charge in [0.15, 0.2) is 5.17 Å². The molecule has 4 heteroatoms. The fourth-order valence-corrected chi connectivity index (χ4v) is 2.30. The second kappa shape index (κ2) is 4.66. The van der Waals surface area contributed by atoms with E-state index in [2.05, 4.69) is 17.2 Å². The molecule has 1 unspecified atom stereocenters. The number of aliphatic imine (C=N–C) groups is 1. The van der Waals surface area contributed by atoms with Gasteiger partial charge >= 0.3 is 0 Å². The zero-order valence-corrected chi connectivity index (χ0v) is 9.35. The molecule has 80 valence electrons. The van der Waals surface area contributed by atoms with E-state index in [0.717, 1.165) is 10.9 Å². The summed E-state index contributed by atoms with van der Waals surface area (Å²) in [5.74, 6) is 0.855. The summed E-state index contributed by atoms with van der Waals surface area (Å²) in [7, 11) is 0. The van der Waals surface area contributed by atoms with Gasteiger partial charge in [-0.2, -0.15) is 0 Å². The zero-order valence-electron chi connectivity index (χ0n) is 8.53. The van der Waals surface area contributed by atoms with Crippen LogP contribution in [0.15, 0.2) is 29.3 Å². The maximum absolute atomic E-state index is 13.2. The molecule has 1 atom stereocenters. The topological polar surface area (TPSA) is 24.4 Å². The number of benzene rings is 1. The van der Waals surface area contributed by atoms with E-state index in [4.69, 9.17) is 0 Å². The molecule has 2 rings (SSSR count). The summed E-state index contributed by atoms with van der Waals surface area (Å²) in [4.78, 5) is 4.33. The number of amidine groups is 1. The van der Waals surface area contributed by atoms with Crippen molar-refractivity contribution in [3.8, 4) is 0 Å². The summed E-state index contributed by atoms with van der Waals surface area (Å²) < 4.78 is 13.2. The van der Waals surface area contributed by atoms with Crippen molar-refractivity contribution in [1.29, 1.82) is 0 Å². The Hall–Kier alpha value is -1.03. The average molecular weight is 224 g/mol. The van der Waals surface area contributed by atoms with Gasteiger partial charge in [0.2, 0.25) is 0 Å². The van der Waals surface area contributed by atoms with Crippen LogP contribution in [0.2, 0.25) is 0 Å². The Labute approximate surface area is 93.0 Å². The van der Waals surface area contributed by atoms with Gasteiger partial charge in [0.1, 0.15) is 5.82 Å². The normalized spacial score (nSPS) is 23.1. The highest BCUT2D eigenvalue weighted by Gasteiger charge is 2.14. The number of hydrogen-bond acceptors (Lipinski definition) is 2. The van der Waals surface area contributed by atoms with Crippen molar-refractivity contribution in [2.45, 2.75) is 19.5 Å². The van der Waals surface area contributed by atoms with Gasteiger partial charge in [0.05, 0.1) is 6.54 Å². The molecule has 0 bridgehead atoms. The van der Waals surface area contributed by atoms with E-state index in [-0.39, 0.29) is 5.82 Å². The van der Waals surface area contributed by atoms with Gasteiger partial charge in [-0.1, -0.05) is 30.0 Å². The number of hydrogen-bond donors (Lipinski definition) is 1. The van der Waals surface area contributed by atoms with E-state index in [1.807, 2.05) is 6.07 Å². The lowest BCUT2D eigenvalue weighted by molar-refractivity contribution is 0.610. The molecule has 1 aromatic carbocycles. The summed E-state index contributed by atoms with van der Waals surface area (Å²) in [5.41, 5.74) is 0.645. The molecular weight excluding hydrogens is 211 g/mol. The number of nitrogens with zero attached hydrogens (tertiary/aromatic N) is 1. The van der Waals surface area contributed by atoms with Crippen molar-refractivity contribution in [1.82, 2.24) is 5.32 Å². The third-order valence-electron chi connectivity index (χ3n) is 2.19. The van der Waals surface area contributed by atoms with Gasteiger partial charge in [0, 0.05) is 17.4 Å². The highest BCUT2D eigenvalue weighted by atomic mass is 32.2. The molecule has 0 aromatic heterocycles. The van der Waals surface area contributed by atoms with Gasteiger partial charge in [0.25, 0.3) is 0 Å². The van der Waals surface area contributed by atoms with Crippen LogP contribution in [0.25, 0.3) is 0 Å². The van der Waals surface area contributed by atoms with Crippen LogP contribution in [0.4, 0.5) is 4.39 Å². The van der Waals surface area contributed by atoms with Crippen LogP contribution in [0.3, 0.4) is 0 Å². The largest absolute Gasteiger partial charge is 0.362 e. The molecule has 1 fully saturated rings. The van der Waals surface area contributed by atoms with Crippen LogP contribution in [-0.4, -0.2) is 17.0 Å². The summed E-state index contributed by atoms with van der Waals surface area (Å²) in [6.07, 6.45) is 0. The minimum absolute atomic E-state index is 0.183. The van der Waals surface area contributed by atoms with Crippen LogP contribution >= 0.6 is 11.8 Å². The fraction of sp³-hybridized carbons (Fsp3) is 0.364. The van der Waals surface area contributed by atoms with Crippen LogP contribution in [0, 0.1) is 5.82 Å². The van der Waals surface area contributed by atoms with E-state index in [0.29, 0.717) is 18.2 Å². The molecule has 1 aliphatic heterocycles. The van der Waals surface area contributed by atoms with Gasteiger partial charge in [-0.25, -0.2) is 4.39 Å². The quantitative estimate of drug-likeness (QED) is 0.834. The minimum atomic E-state index is -0.183. The summed E-state index contributed by atoms with van der Waals surface area (Å²) in [6.45, 7) is 2.52. The Morgan fingerprint density at radius 2 is 2.33 bits per heavy atom. The lowest BCUT2D eigenvalue weighted by Crippen LogP contribution is -2.23. The number of thioether (sulfide) groups is 1. The molecule has 2 nitrogen and oxygen atoms in total. The predicted octanol–water partition coefficient (Wildman–Crippen LogP) is 2.41. The number of halogens is 1. The first-order chi connectivity index (χ1) is 7.25. The molecular formula is C11H13FN2S. The third kappa shape index (κ3) is 2.72. The van der Waals surface area contributed by atoms with Gasteiger partial charge in [-0.3, -0.25) is 4.99 Å². The lowest BCUT2D eigenvalue weighted by atomic mass is 10.2. The molecule has 1 aromatic rings. The van der Waals surface area contributed by atoms with Gasteiger partial charge in [-0.05, 0) is 13.0 Å².